The molecule has 178 valence electrons. The van der Waals surface area contributed by atoms with Crippen LogP contribution in [0.4, 0.5) is 40.8 Å². The number of carbonyl (C=O) groups is 1. The summed E-state index contributed by atoms with van der Waals surface area (Å²) in [6.45, 7) is 3.41. The molecule has 0 radical (unpaired) electrons. The van der Waals surface area contributed by atoms with Crippen molar-refractivity contribution in [2.75, 3.05) is 24.6 Å². The lowest BCUT2D eigenvalue weighted by Crippen LogP contribution is -2.45. The standard InChI is InChI=1S/C21H21F8NO2/c1-3-30(4-2)16-12-10-15(11-13-16)8-6-5-7-9-17(32-14-19(22,23)24)18(31)20(25,26)21(27,28)29/h5-13H,3-4,14H2,1-2H3/b7-5+,8-6+,17-9-. The van der Waals surface area contributed by atoms with Crippen LogP contribution in [0.3, 0.4) is 0 Å². The van der Waals surface area contributed by atoms with E-state index in [1.807, 2.05) is 26.0 Å². The fourth-order valence-corrected chi connectivity index (χ4v) is 2.39. The number of carbonyl (C=O) groups excluding carboxylic acids is 1. The summed E-state index contributed by atoms with van der Waals surface area (Å²) >= 11 is 0. The molecular formula is C21H21F8NO2. The zero-order chi connectivity index (χ0) is 24.6. The van der Waals surface area contributed by atoms with Gasteiger partial charge in [0.15, 0.2) is 12.4 Å². The lowest BCUT2D eigenvalue weighted by atomic mass is 10.1. The van der Waals surface area contributed by atoms with E-state index >= 15 is 0 Å². The number of allylic oxidation sites excluding steroid dienone is 5. The molecule has 0 saturated carbocycles. The molecule has 0 saturated heterocycles. The molecule has 11 heteroatoms. The molecule has 32 heavy (non-hydrogen) atoms. The molecule has 0 spiro atoms. The Bertz CT molecular complexity index is 833. The third kappa shape index (κ3) is 8.01. The van der Waals surface area contributed by atoms with Crippen LogP contribution in [0.2, 0.25) is 0 Å². The Morgan fingerprint density at radius 2 is 1.47 bits per heavy atom. The van der Waals surface area contributed by atoms with E-state index in [-0.39, 0.29) is 0 Å². The van der Waals surface area contributed by atoms with E-state index in [0.29, 0.717) is 6.08 Å². The van der Waals surface area contributed by atoms with E-state index in [4.69, 9.17) is 0 Å². The quantitative estimate of drug-likeness (QED) is 0.173. The van der Waals surface area contributed by atoms with Gasteiger partial charge in [-0.2, -0.15) is 35.1 Å². The number of rotatable bonds is 10. The third-order valence-corrected chi connectivity index (χ3v) is 4.04. The first-order valence-corrected chi connectivity index (χ1v) is 9.31. The molecule has 0 atom stereocenters. The molecule has 0 fully saturated rings. The topological polar surface area (TPSA) is 29.5 Å². The van der Waals surface area contributed by atoms with Gasteiger partial charge in [0.2, 0.25) is 0 Å². The van der Waals surface area contributed by atoms with Crippen LogP contribution in [0.1, 0.15) is 19.4 Å². The highest BCUT2D eigenvalue weighted by atomic mass is 19.4. The van der Waals surface area contributed by atoms with Crippen LogP contribution >= 0.6 is 0 Å². The summed E-state index contributed by atoms with van der Waals surface area (Å²) < 4.78 is 104. The number of Topliss-reactive ketones (excluding diaryl/α,β-unsaturated/α-hetero) is 1. The van der Waals surface area contributed by atoms with Crippen molar-refractivity contribution < 1.29 is 44.7 Å². The monoisotopic (exact) mass is 471 g/mol. The summed E-state index contributed by atoms with van der Waals surface area (Å²) in [6.07, 6.45) is -6.15. The molecule has 1 aromatic rings. The first-order chi connectivity index (χ1) is 14.7. The minimum absolute atomic E-state index is 0.321. The maximum absolute atomic E-state index is 13.2. The molecule has 0 aliphatic rings. The highest BCUT2D eigenvalue weighted by Crippen LogP contribution is 2.38. The van der Waals surface area contributed by atoms with Crippen molar-refractivity contribution in [3.63, 3.8) is 0 Å². The Labute approximate surface area is 179 Å². The van der Waals surface area contributed by atoms with Gasteiger partial charge in [-0.25, -0.2) is 0 Å². The lowest BCUT2D eigenvalue weighted by molar-refractivity contribution is -0.268. The van der Waals surface area contributed by atoms with E-state index in [1.54, 1.807) is 18.2 Å². The molecule has 0 N–H and O–H groups in total. The van der Waals surface area contributed by atoms with E-state index in [1.165, 1.54) is 6.08 Å². The van der Waals surface area contributed by atoms with Gasteiger partial charge < -0.3 is 9.64 Å². The number of ether oxygens (including phenoxy) is 1. The molecule has 0 aliphatic heterocycles. The number of hydrogen-bond acceptors (Lipinski definition) is 3. The largest absolute Gasteiger partial charge is 0.480 e. The molecule has 0 aliphatic carbocycles. The van der Waals surface area contributed by atoms with Crippen LogP contribution in [0.15, 0.2) is 54.3 Å². The number of ketones is 1. The number of halogens is 8. The summed E-state index contributed by atoms with van der Waals surface area (Å²) in [4.78, 5) is 13.6. The highest BCUT2D eigenvalue weighted by molar-refractivity contribution is 5.99. The molecule has 0 amide bonds. The summed E-state index contributed by atoms with van der Waals surface area (Å²) in [5, 5.41) is 0. The normalized spacial score (nSPS) is 13.8. The Morgan fingerprint density at radius 3 is 1.94 bits per heavy atom. The van der Waals surface area contributed by atoms with Gasteiger partial charge in [0.25, 0.3) is 5.78 Å². The lowest BCUT2D eigenvalue weighted by Gasteiger charge is -2.20. The van der Waals surface area contributed by atoms with Crippen LogP contribution in [-0.2, 0) is 9.53 Å². The SMILES string of the molecule is CCN(CC)c1ccc(/C=C/C=C/C=C(\OCC(F)(F)F)C(=O)C(F)(F)C(F)(F)F)cc1. The summed E-state index contributed by atoms with van der Waals surface area (Å²) in [6, 6.07) is 7.27. The van der Waals surface area contributed by atoms with Crippen molar-refractivity contribution >= 4 is 17.5 Å². The molecule has 0 bridgehead atoms. The second-order valence-corrected chi connectivity index (χ2v) is 6.34. The fourth-order valence-electron chi connectivity index (χ4n) is 2.39. The molecule has 3 nitrogen and oxygen atoms in total. The van der Waals surface area contributed by atoms with Crippen molar-refractivity contribution in [1.29, 1.82) is 0 Å². The Morgan fingerprint density at radius 1 is 0.906 bits per heavy atom. The first-order valence-electron chi connectivity index (χ1n) is 9.31. The fraction of sp³-hybridized carbons (Fsp3) is 0.381. The van der Waals surface area contributed by atoms with Gasteiger partial charge in [0.1, 0.15) is 0 Å². The van der Waals surface area contributed by atoms with Crippen molar-refractivity contribution in [2.45, 2.75) is 32.1 Å². The van der Waals surface area contributed by atoms with Gasteiger partial charge in [-0.05, 0) is 37.6 Å². The predicted molar refractivity (Wildman–Crippen MR) is 104 cm³/mol. The average molecular weight is 471 g/mol. The van der Waals surface area contributed by atoms with Crippen molar-refractivity contribution in [3.8, 4) is 0 Å². The number of nitrogens with zero attached hydrogens (tertiary/aromatic N) is 1. The average Bonchev–Trinajstić information content (AvgIpc) is 2.70. The van der Waals surface area contributed by atoms with Gasteiger partial charge in [-0.15, -0.1) is 0 Å². The second-order valence-electron chi connectivity index (χ2n) is 6.34. The summed E-state index contributed by atoms with van der Waals surface area (Å²) in [5.41, 5.74) is 1.71. The van der Waals surface area contributed by atoms with Gasteiger partial charge in [0, 0.05) is 18.8 Å². The third-order valence-electron chi connectivity index (χ3n) is 4.04. The molecule has 0 heterocycles. The second kappa shape index (κ2) is 11.1. The van der Waals surface area contributed by atoms with Crippen LogP contribution in [0.5, 0.6) is 0 Å². The van der Waals surface area contributed by atoms with Crippen LogP contribution in [0, 0.1) is 0 Å². The highest BCUT2D eigenvalue weighted by Gasteiger charge is 2.64. The van der Waals surface area contributed by atoms with Crippen LogP contribution < -0.4 is 4.90 Å². The smallest absolute Gasteiger partial charge is 0.461 e. The summed E-state index contributed by atoms with van der Waals surface area (Å²) in [5.74, 6) is -10.6. The zero-order valence-corrected chi connectivity index (χ0v) is 17.1. The van der Waals surface area contributed by atoms with E-state index in [0.717, 1.165) is 36.5 Å². The van der Waals surface area contributed by atoms with Crippen molar-refractivity contribution in [2.24, 2.45) is 0 Å². The van der Waals surface area contributed by atoms with E-state index < -0.39 is 36.4 Å². The predicted octanol–water partition coefficient (Wildman–Crippen LogP) is 6.33. The first kappa shape index (κ1) is 27.2. The van der Waals surface area contributed by atoms with Gasteiger partial charge >= 0.3 is 18.3 Å². The Hall–Kier alpha value is -2.85. The number of benzene rings is 1. The molecular weight excluding hydrogens is 450 g/mol. The molecule has 1 aromatic carbocycles. The minimum atomic E-state index is -6.29. The zero-order valence-electron chi connectivity index (χ0n) is 17.1. The molecule has 1 rings (SSSR count). The van der Waals surface area contributed by atoms with E-state index in [9.17, 15) is 39.9 Å². The van der Waals surface area contributed by atoms with Gasteiger partial charge in [-0.1, -0.05) is 36.4 Å². The Balaban J connectivity index is 2.98. The van der Waals surface area contributed by atoms with E-state index in [2.05, 4.69) is 9.64 Å². The van der Waals surface area contributed by atoms with Gasteiger partial charge in [-0.3, -0.25) is 4.79 Å². The molecule has 0 unspecified atom stereocenters. The maximum Gasteiger partial charge on any atom is 0.461 e. The summed E-state index contributed by atoms with van der Waals surface area (Å²) in [7, 11) is 0. The van der Waals surface area contributed by atoms with Crippen molar-refractivity contribution in [3.05, 3.63) is 59.9 Å². The van der Waals surface area contributed by atoms with Crippen molar-refractivity contribution in [1.82, 2.24) is 0 Å². The number of alkyl halides is 8. The van der Waals surface area contributed by atoms with Crippen LogP contribution in [0.25, 0.3) is 6.08 Å². The maximum atomic E-state index is 13.2. The number of hydrogen-bond donors (Lipinski definition) is 0. The minimum Gasteiger partial charge on any atom is -0.480 e. The number of anilines is 1. The van der Waals surface area contributed by atoms with Gasteiger partial charge in [0.05, 0.1) is 0 Å². The van der Waals surface area contributed by atoms with Crippen LogP contribution in [-0.4, -0.2) is 43.8 Å². The molecule has 0 aromatic heterocycles. The Kier molecular flexibility index (Phi) is 9.47.